The van der Waals surface area contributed by atoms with E-state index in [-0.39, 0.29) is 5.97 Å². The van der Waals surface area contributed by atoms with E-state index < -0.39 is 11.0 Å². The summed E-state index contributed by atoms with van der Waals surface area (Å²) in [5.74, 6) is -0.221. The first-order chi connectivity index (χ1) is 5.73. The Morgan fingerprint density at radius 1 is 1.31 bits per heavy atom. The topological polar surface area (TPSA) is 52.3 Å². The first-order valence-electron chi connectivity index (χ1n) is 4.69. The molecule has 13 heavy (non-hydrogen) atoms. The summed E-state index contributed by atoms with van der Waals surface area (Å²) in [5.41, 5.74) is 4.69. The van der Waals surface area contributed by atoms with Crippen molar-refractivity contribution in [2.24, 2.45) is 11.1 Å². The van der Waals surface area contributed by atoms with Crippen molar-refractivity contribution in [2.75, 3.05) is 6.61 Å². The summed E-state index contributed by atoms with van der Waals surface area (Å²) in [6, 6.07) is 0. The molecule has 0 heterocycles. The fourth-order valence-electron chi connectivity index (χ4n) is 0.638. The minimum atomic E-state index is -0.637. The largest absolute Gasteiger partial charge is 0.465 e. The zero-order chi connectivity index (χ0) is 10.7. The summed E-state index contributed by atoms with van der Waals surface area (Å²) < 4.78 is 5.06. The Morgan fingerprint density at radius 3 is 2.08 bits per heavy atom. The highest BCUT2D eigenvalue weighted by Gasteiger charge is 2.41. The molecule has 0 aliphatic carbocycles. The molecule has 0 bridgehead atoms. The molecule has 0 saturated carbocycles. The predicted molar refractivity (Wildman–Crippen MR) is 53.3 cm³/mol. The molecule has 0 aliphatic rings. The molecule has 0 saturated heterocycles. The zero-order valence-corrected chi connectivity index (χ0v) is 9.31. The summed E-state index contributed by atoms with van der Waals surface area (Å²) >= 11 is 0. The van der Waals surface area contributed by atoms with Gasteiger partial charge in [0.15, 0.2) is 0 Å². The van der Waals surface area contributed by atoms with E-state index in [0.29, 0.717) is 6.61 Å². The zero-order valence-electron chi connectivity index (χ0n) is 9.31. The van der Waals surface area contributed by atoms with E-state index >= 15 is 0 Å². The number of ether oxygens (including phenoxy) is 1. The average molecular weight is 187 g/mol. The molecule has 2 N–H and O–H groups in total. The van der Waals surface area contributed by atoms with Gasteiger partial charge in [-0.2, -0.15) is 0 Å². The van der Waals surface area contributed by atoms with Crippen molar-refractivity contribution in [3.63, 3.8) is 0 Å². The van der Waals surface area contributed by atoms with Crippen molar-refractivity contribution >= 4 is 5.97 Å². The van der Waals surface area contributed by atoms with Crippen molar-refractivity contribution in [1.82, 2.24) is 0 Å². The van der Waals surface area contributed by atoms with Crippen molar-refractivity contribution in [3.8, 4) is 0 Å². The Bertz CT molecular complexity index is 180. The molecule has 0 unspecified atom stereocenters. The highest BCUT2D eigenvalue weighted by molar-refractivity contribution is 5.77. The van der Waals surface area contributed by atoms with E-state index in [4.69, 9.17) is 10.5 Å². The molecule has 0 spiro atoms. The van der Waals surface area contributed by atoms with Gasteiger partial charge in [0.25, 0.3) is 0 Å². The molecule has 0 aromatic rings. The van der Waals surface area contributed by atoms with Crippen molar-refractivity contribution in [2.45, 2.75) is 46.6 Å². The number of hydrogen-bond acceptors (Lipinski definition) is 3. The molecule has 0 atom stereocenters. The lowest BCUT2D eigenvalue weighted by Crippen LogP contribution is -2.52. The third kappa shape index (κ3) is 2.99. The van der Waals surface area contributed by atoms with E-state index in [2.05, 4.69) is 0 Å². The lowest BCUT2D eigenvalue weighted by molar-refractivity contribution is -0.157. The van der Waals surface area contributed by atoms with Crippen LogP contribution < -0.4 is 5.73 Å². The molecule has 0 rings (SSSR count). The van der Waals surface area contributed by atoms with Gasteiger partial charge >= 0.3 is 5.97 Å². The number of carbonyl (C=O) groups is 1. The Labute approximate surface area is 80.6 Å². The van der Waals surface area contributed by atoms with Crippen LogP contribution in [-0.4, -0.2) is 18.1 Å². The van der Waals surface area contributed by atoms with Crippen LogP contribution in [0, 0.1) is 5.41 Å². The van der Waals surface area contributed by atoms with Crippen LogP contribution in [-0.2, 0) is 9.53 Å². The highest BCUT2D eigenvalue weighted by atomic mass is 16.5. The highest BCUT2D eigenvalue weighted by Crippen LogP contribution is 2.29. The number of nitrogens with two attached hydrogens (primary N) is 1. The maximum Gasteiger partial charge on any atom is 0.313 e. The van der Waals surface area contributed by atoms with Crippen LogP contribution in [0.3, 0.4) is 0 Å². The standard InChI is InChI=1S/C10H21NO2/c1-6-7-13-8(12)9(2,3)10(4,5)11/h6-7,11H2,1-5H3. The Morgan fingerprint density at radius 2 is 1.77 bits per heavy atom. The Balaban J connectivity index is 4.37. The molecule has 78 valence electrons. The lowest BCUT2D eigenvalue weighted by Gasteiger charge is -2.35. The molecule has 0 radical (unpaired) electrons. The van der Waals surface area contributed by atoms with Gasteiger partial charge < -0.3 is 10.5 Å². The first kappa shape index (κ1) is 12.4. The summed E-state index contributed by atoms with van der Waals surface area (Å²) in [6.07, 6.45) is 0.840. The van der Waals surface area contributed by atoms with Gasteiger partial charge in [-0.3, -0.25) is 4.79 Å². The van der Waals surface area contributed by atoms with Crippen LogP contribution >= 0.6 is 0 Å². The van der Waals surface area contributed by atoms with Gasteiger partial charge in [-0.15, -0.1) is 0 Å². The molecular weight excluding hydrogens is 166 g/mol. The van der Waals surface area contributed by atoms with Gasteiger partial charge in [0.2, 0.25) is 0 Å². The minimum absolute atomic E-state index is 0.221. The summed E-state index contributed by atoms with van der Waals surface area (Å²) in [7, 11) is 0. The lowest BCUT2D eigenvalue weighted by atomic mass is 9.75. The normalized spacial score (nSPS) is 12.8. The first-order valence-corrected chi connectivity index (χ1v) is 4.69. The number of esters is 1. The van der Waals surface area contributed by atoms with Crippen molar-refractivity contribution < 1.29 is 9.53 Å². The van der Waals surface area contributed by atoms with Gasteiger partial charge in [0.05, 0.1) is 12.0 Å². The molecule has 0 fully saturated rings. The second-order valence-corrected chi connectivity index (χ2v) is 4.48. The SMILES string of the molecule is CCCOC(=O)C(C)(C)C(C)(C)N. The average Bonchev–Trinajstić information content (AvgIpc) is 1.97. The van der Waals surface area contributed by atoms with Crippen LogP contribution in [0.25, 0.3) is 0 Å². The smallest absolute Gasteiger partial charge is 0.313 e. The minimum Gasteiger partial charge on any atom is -0.465 e. The second kappa shape index (κ2) is 4.09. The van der Waals surface area contributed by atoms with E-state index in [0.717, 1.165) is 6.42 Å². The summed E-state index contributed by atoms with van der Waals surface area (Å²) in [5, 5.41) is 0. The molecule has 0 aromatic heterocycles. The molecular formula is C10H21NO2. The number of rotatable bonds is 4. The maximum absolute atomic E-state index is 11.6. The molecule has 3 heteroatoms. The van der Waals surface area contributed by atoms with Gasteiger partial charge in [-0.1, -0.05) is 6.92 Å². The van der Waals surface area contributed by atoms with E-state index in [1.165, 1.54) is 0 Å². The van der Waals surface area contributed by atoms with Crippen LogP contribution in [0.15, 0.2) is 0 Å². The predicted octanol–water partition coefficient (Wildman–Crippen LogP) is 1.70. The van der Waals surface area contributed by atoms with Gasteiger partial charge in [0, 0.05) is 5.54 Å². The van der Waals surface area contributed by atoms with Gasteiger partial charge in [0.1, 0.15) is 0 Å². The fourth-order valence-corrected chi connectivity index (χ4v) is 0.638. The maximum atomic E-state index is 11.6. The quantitative estimate of drug-likeness (QED) is 0.681. The van der Waals surface area contributed by atoms with Crippen LogP contribution in [0.4, 0.5) is 0 Å². The van der Waals surface area contributed by atoms with Crippen LogP contribution in [0.2, 0.25) is 0 Å². The summed E-state index contributed by atoms with van der Waals surface area (Å²) in [4.78, 5) is 11.6. The van der Waals surface area contributed by atoms with Gasteiger partial charge in [-0.05, 0) is 34.1 Å². The van der Waals surface area contributed by atoms with E-state index in [1.54, 1.807) is 0 Å². The van der Waals surface area contributed by atoms with E-state index in [9.17, 15) is 4.79 Å². The molecule has 3 nitrogen and oxygen atoms in total. The van der Waals surface area contributed by atoms with Crippen LogP contribution in [0.5, 0.6) is 0 Å². The van der Waals surface area contributed by atoms with Gasteiger partial charge in [-0.25, -0.2) is 0 Å². The van der Waals surface area contributed by atoms with Crippen LogP contribution in [0.1, 0.15) is 41.0 Å². The van der Waals surface area contributed by atoms with Crippen molar-refractivity contribution in [1.29, 1.82) is 0 Å². The summed E-state index contributed by atoms with van der Waals surface area (Å²) in [6.45, 7) is 9.72. The third-order valence-electron chi connectivity index (χ3n) is 2.56. The number of hydrogen-bond donors (Lipinski definition) is 1. The second-order valence-electron chi connectivity index (χ2n) is 4.48. The van der Waals surface area contributed by atoms with Crippen molar-refractivity contribution in [3.05, 3.63) is 0 Å². The Kier molecular flexibility index (Phi) is 3.91. The Hall–Kier alpha value is -0.570. The third-order valence-corrected chi connectivity index (χ3v) is 2.56. The monoisotopic (exact) mass is 187 g/mol. The van der Waals surface area contributed by atoms with E-state index in [1.807, 2.05) is 34.6 Å². The number of carbonyl (C=O) groups excluding carboxylic acids is 1. The molecule has 0 amide bonds. The fraction of sp³-hybridized carbons (Fsp3) is 0.900. The molecule has 0 aromatic carbocycles. The molecule has 0 aliphatic heterocycles.